The molecule has 0 saturated heterocycles. The first-order chi connectivity index (χ1) is 10.6. The summed E-state index contributed by atoms with van der Waals surface area (Å²) in [6, 6.07) is 2.93. The largest absolute Gasteiger partial charge is 0.515 e. The molecular formula is C13H13N3O6. The Bertz CT molecular complexity index is 669. The van der Waals surface area contributed by atoms with Crippen LogP contribution in [0.1, 0.15) is 0 Å². The Morgan fingerprint density at radius 3 is 2.32 bits per heavy atom. The number of rotatable bonds is 4. The van der Waals surface area contributed by atoms with Gasteiger partial charge < -0.3 is 24.1 Å². The molecule has 0 bridgehead atoms. The fourth-order valence-corrected chi connectivity index (χ4v) is 1.54. The molecule has 0 aliphatic rings. The molecule has 0 aliphatic carbocycles. The average molecular weight is 307 g/mol. The first-order valence-corrected chi connectivity index (χ1v) is 6.00. The van der Waals surface area contributed by atoms with Gasteiger partial charge in [0.15, 0.2) is 11.6 Å². The Morgan fingerprint density at radius 1 is 1.14 bits per heavy atom. The molecule has 2 heterocycles. The van der Waals surface area contributed by atoms with Crippen LogP contribution in [-0.2, 0) is 4.74 Å². The molecular weight excluding hydrogens is 294 g/mol. The van der Waals surface area contributed by atoms with Crippen molar-refractivity contribution in [2.45, 2.75) is 0 Å². The first kappa shape index (κ1) is 15.3. The molecule has 9 nitrogen and oxygen atoms in total. The van der Waals surface area contributed by atoms with Gasteiger partial charge in [0, 0.05) is 6.20 Å². The number of aromatic hydroxyl groups is 1. The number of pyridine rings is 1. The van der Waals surface area contributed by atoms with Gasteiger partial charge in [-0.15, -0.1) is 0 Å². The van der Waals surface area contributed by atoms with E-state index in [0.29, 0.717) is 0 Å². The van der Waals surface area contributed by atoms with Gasteiger partial charge in [-0.1, -0.05) is 0 Å². The van der Waals surface area contributed by atoms with Crippen molar-refractivity contribution in [3.8, 4) is 34.8 Å². The van der Waals surface area contributed by atoms with E-state index in [2.05, 4.69) is 19.7 Å². The van der Waals surface area contributed by atoms with Crippen molar-refractivity contribution < 1.29 is 28.8 Å². The molecule has 2 aromatic heterocycles. The SMILES string of the molecule is COC(=O)Oc1nccc(-c2nc(OC)cc(OC)n2)c1O. The van der Waals surface area contributed by atoms with Crippen LogP contribution < -0.4 is 14.2 Å². The Labute approximate surface area is 125 Å². The second-order valence-electron chi connectivity index (χ2n) is 3.84. The smallest absolute Gasteiger partial charge is 0.503 e. The number of carbonyl (C=O) groups excluding carboxylic acids is 1. The Hall–Kier alpha value is -3.10. The van der Waals surface area contributed by atoms with Crippen LogP contribution in [0.25, 0.3) is 11.4 Å². The van der Waals surface area contributed by atoms with Gasteiger partial charge in [-0.3, -0.25) is 0 Å². The third kappa shape index (κ3) is 3.14. The fourth-order valence-electron chi connectivity index (χ4n) is 1.54. The van der Waals surface area contributed by atoms with E-state index in [1.54, 1.807) is 0 Å². The lowest BCUT2D eigenvalue weighted by Crippen LogP contribution is -2.08. The highest BCUT2D eigenvalue weighted by Gasteiger charge is 2.18. The number of hydrogen-bond donors (Lipinski definition) is 1. The zero-order chi connectivity index (χ0) is 16.1. The second-order valence-corrected chi connectivity index (χ2v) is 3.84. The molecule has 22 heavy (non-hydrogen) atoms. The number of aromatic nitrogens is 3. The van der Waals surface area contributed by atoms with Crippen LogP contribution in [0.2, 0.25) is 0 Å². The van der Waals surface area contributed by atoms with Crippen molar-refractivity contribution in [3.63, 3.8) is 0 Å². The van der Waals surface area contributed by atoms with Gasteiger partial charge in [-0.2, -0.15) is 9.97 Å². The lowest BCUT2D eigenvalue weighted by molar-refractivity contribution is 0.118. The van der Waals surface area contributed by atoms with E-state index in [0.717, 1.165) is 7.11 Å². The van der Waals surface area contributed by atoms with Gasteiger partial charge in [0.05, 0.1) is 33.0 Å². The van der Waals surface area contributed by atoms with Gasteiger partial charge >= 0.3 is 6.16 Å². The van der Waals surface area contributed by atoms with E-state index < -0.39 is 11.9 Å². The van der Waals surface area contributed by atoms with Gasteiger partial charge in [-0.05, 0) is 6.07 Å². The maximum absolute atomic E-state index is 11.1. The molecule has 2 rings (SSSR count). The number of carbonyl (C=O) groups is 1. The van der Waals surface area contributed by atoms with E-state index in [1.807, 2.05) is 0 Å². The summed E-state index contributed by atoms with van der Waals surface area (Å²) in [6.45, 7) is 0. The van der Waals surface area contributed by atoms with Crippen LogP contribution >= 0.6 is 0 Å². The third-order valence-corrected chi connectivity index (χ3v) is 2.58. The van der Waals surface area contributed by atoms with E-state index in [1.165, 1.54) is 32.5 Å². The van der Waals surface area contributed by atoms with Crippen LogP contribution in [0.15, 0.2) is 18.3 Å². The maximum Gasteiger partial charge on any atom is 0.515 e. The maximum atomic E-state index is 11.1. The molecule has 0 aromatic carbocycles. The lowest BCUT2D eigenvalue weighted by Gasteiger charge is -2.09. The number of ether oxygens (including phenoxy) is 4. The zero-order valence-electron chi connectivity index (χ0n) is 12.1. The summed E-state index contributed by atoms with van der Waals surface area (Å²) < 4.78 is 19.1. The second kappa shape index (κ2) is 6.57. The summed E-state index contributed by atoms with van der Waals surface area (Å²) >= 11 is 0. The molecule has 1 N–H and O–H groups in total. The molecule has 0 fully saturated rings. The standard InChI is InChI=1S/C13H13N3O6/c1-19-8-6-9(20-2)16-11(15-8)7-4-5-14-12(10(7)17)22-13(18)21-3/h4-6,17H,1-3H3. The molecule has 0 amide bonds. The molecule has 116 valence electrons. The van der Waals surface area contributed by atoms with Crippen molar-refractivity contribution in [1.29, 1.82) is 0 Å². The minimum Gasteiger partial charge on any atom is -0.503 e. The molecule has 9 heteroatoms. The Morgan fingerprint density at radius 2 is 1.77 bits per heavy atom. The Balaban J connectivity index is 2.48. The lowest BCUT2D eigenvalue weighted by atomic mass is 10.2. The van der Waals surface area contributed by atoms with Gasteiger partial charge in [0.25, 0.3) is 5.88 Å². The summed E-state index contributed by atoms with van der Waals surface area (Å²) in [5.74, 6) is -0.134. The Kier molecular flexibility index (Phi) is 4.57. The summed E-state index contributed by atoms with van der Waals surface area (Å²) in [7, 11) is 4.01. The van der Waals surface area contributed by atoms with Crippen LogP contribution in [0.5, 0.6) is 23.4 Å². The summed E-state index contributed by atoms with van der Waals surface area (Å²) in [5.41, 5.74) is 0.186. The molecule has 0 unspecified atom stereocenters. The van der Waals surface area contributed by atoms with Crippen molar-refractivity contribution in [3.05, 3.63) is 18.3 Å². The molecule has 0 atom stereocenters. The summed E-state index contributed by atoms with van der Waals surface area (Å²) in [4.78, 5) is 23.1. The van der Waals surface area contributed by atoms with Gasteiger partial charge in [-0.25, -0.2) is 9.78 Å². The summed E-state index contributed by atoms with van der Waals surface area (Å²) in [6.07, 6.45) is 0.312. The zero-order valence-corrected chi connectivity index (χ0v) is 12.1. The first-order valence-electron chi connectivity index (χ1n) is 6.00. The number of nitrogens with zero attached hydrogens (tertiary/aromatic N) is 3. The van der Waals surface area contributed by atoms with Crippen molar-refractivity contribution in [2.75, 3.05) is 21.3 Å². The molecule has 0 aliphatic heterocycles. The molecule has 0 radical (unpaired) electrons. The van der Waals surface area contributed by atoms with Crippen LogP contribution in [0, 0.1) is 0 Å². The van der Waals surface area contributed by atoms with E-state index in [9.17, 15) is 9.90 Å². The molecule has 0 spiro atoms. The average Bonchev–Trinajstić information content (AvgIpc) is 2.55. The van der Waals surface area contributed by atoms with E-state index in [4.69, 9.17) is 14.2 Å². The van der Waals surface area contributed by atoms with E-state index in [-0.39, 0.29) is 29.0 Å². The van der Waals surface area contributed by atoms with Gasteiger partial charge in [0.2, 0.25) is 11.8 Å². The minimum absolute atomic E-state index is 0.116. The third-order valence-electron chi connectivity index (χ3n) is 2.58. The topological polar surface area (TPSA) is 113 Å². The quantitative estimate of drug-likeness (QED) is 0.837. The van der Waals surface area contributed by atoms with Crippen LogP contribution in [0.3, 0.4) is 0 Å². The van der Waals surface area contributed by atoms with Gasteiger partial charge in [0.1, 0.15) is 0 Å². The van der Waals surface area contributed by atoms with Crippen molar-refractivity contribution in [1.82, 2.24) is 15.0 Å². The molecule has 2 aromatic rings. The highest BCUT2D eigenvalue weighted by atomic mass is 16.7. The molecule has 0 saturated carbocycles. The van der Waals surface area contributed by atoms with E-state index >= 15 is 0 Å². The van der Waals surface area contributed by atoms with Crippen molar-refractivity contribution in [2.24, 2.45) is 0 Å². The highest BCUT2D eigenvalue weighted by Crippen LogP contribution is 2.35. The van der Waals surface area contributed by atoms with Crippen molar-refractivity contribution >= 4 is 6.16 Å². The highest BCUT2D eigenvalue weighted by molar-refractivity contribution is 5.70. The monoisotopic (exact) mass is 307 g/mol. The minimum atomic E-state index is -1.01. The van der Waals surface area contributed by atoms with Crippen LogP contribution in [0.4, 0.5) is 4.79 Å². The number of methoxy groups -OCH3 is 3. The number of hydrogen-bond acceptors (Lipinski definition) is 9. The summed E-state index contributed by atoms with van der Waals surface area (Å²) in [5, 5.41) is 10.2. The van der Waals surface area contributed by atoms with Crippen LogP contribution in [-0.4, -0.2) is 47.5 Å². The normalized spacial score (nSPS) is 9.95. The predicted molar refractivity (Wildman–Crippen MR) is 73.1 cm³/mol. The fraction of sp³-hybridized carbons (Fsp3) is 0.231. The predicted octanol–water partition coefficient (Wildman–Crippen LogP) is 1.41.